The van der Waals surface area contributed by atoms with E-state index in [0.29, 0.717) is 11.5 Å². The molecule has 1 amide bonds. The van der Waals surface area contributed by atoms with Gasteiger partial charge in [0.1, 0.15) is 18.2 Å². The van der Waals surface area contributed by atoms with E-state index in [0.717, 1.165) is 10.4 Å². The summed E-state index contributed by atoms with van der Waals surface area (Å²) in [5.74, 6) is -0.298. The van der Waals surface area contributed by atoms with Gasteiger partial charge in [0.2, 0.25) is 5.91 Å². The second-order valence-corrected chi connectivity index (χ2v) is 5.97. The number of hydrogen-bond acceptors (Lipinski definition) is 5. The third-order valence-corrected chi connectivity index (χ3v) is 3.90. The van der Waals surface area contributed by atoms with E-state index in [9.17, 15) is 14.0 Å². The van der Waals surface area contributed by atoms with Gasteiger partial charge in [-0.25, -0.2) is 18.3 Å². The quantitative estimate of drug-likeness (QED) is 0.556. The van der Waals surface area contributed by atoms with Gasteiger partial charge < -0.3 is 10.6 Å². The molecule has 0 saturated heterocycles. The molecule has 2 heterocycles. The molecule has 0 unspecified atom stereocenters. The van der Waals surface area contributed by atoms with Crippen LogP contribution < -0.4 is 16.3 Å². The molecule has 2 aromatic carbocycles. The van der Waals surface area contributed by atoms with E-state index in [1.165, 1.54) is 28.8 Å². The molecule has 0 aliphatic heterocycles. The summed E-state index contributed by atoms with van der Waals surface area (Å²) >= 11 is 0. The van der Waals surface area contributed by atoms with Crippen molar-refractivity contribution in [3.8, 4) is 0 Å². The Morgan fingerprint density at radius 2 is 1.82 bits per heavy atom. The Labute approximate surface area is 158 Å². The minimum atomic E-state index is -0.501. The Balaban J connectivity index is 1.53. The van der Waals surface area contributed by atoms with Gasteiger partial charge in [-0.1, -0.05) is 24.3 Å². The highest BCUT2D eigenvalue weighted by atomic mass is 19.1. The van der Waals surface area contributed by atoms with Gasteiger partial charge in [-0.15, -0.1) is 5.10 Å². The Morgan fingerprint density at radius 3 is 2.61 bits per heavy atom. The molecular formula is C19H15FN6O2. The standard InChI is InChI=1S/C19H15FN6O2/c20-13-5-4-8-15(11-13)22-17(27)12-26-19(28)25-10-9-16(23-18(25)24-26)21-14-6-2-1-3-7-14/h1-11H,12H2,(H,22,27)(H,21,23,24). The molecule has 2 N–H and O–H groups in total. The Kier molecular flexibility index (Phi) is 4.55. The van der Waals surface area contributed by atoms with E-state index in [4.69, 9.17) is 0 Å². The van der Waals surface area contributed by atoms with Crippen molar-refractivity contribution in [1.82, 2.24) is 19.2 Å². The second kappa shape index (κ2) is 7.31. The average Bonchev–Trinajstić information content (AvgIpc) is 2.97. The van der Waals surface area contributed by atoms with Crippen LogP contribution in [0.1, 0.15) is 0 Å². The first-order valence-corrected chi connectivity index (χ1v) is 8.42. The summed E-state index contributed by atoms with van der Waals surface area (Å²) in [5.41, 5.74) is 0.646. The Hall–Kier alpha value is -4.01. The summed E-state index contributed by atoms with van der Waals surface area (Å²) in [5, 5.41) is 9.73. The molecule has 140 valence electrons. The van der Waals surface area contributed by atoms with Gasteiger partial charge in [0.15, 0.2) is 0 Å². The minimum Gasteiger partial charge on any atom is -0.340 e. The summed E-state index contributed by atoms with van der Waals surface area (Å²) in [4.78, 5) is 28.9. The molecule has 28 heavy (non-hydrogen) atoms. The van der Waals surface area contributed by atoms with Crippen LogP contribution in [0.5, 0.6) is 0 Å². The van der Waals surface area contributed by atoms with Crippen molar-refractivity contribution in [1.29, 1.82) is 0 Å². The number of anilines is 3. The smallest absolute Gasteiger partial charge is 0.340 e. The first-order valence-electron chi connectivity index (χ1n) is 8.42. The number of para-hydroxylation sites is 1. The van der Waals surface area contributed by atoms with Gasteiger partial charge in [-0.05, 0) is 36.4 Å². The molecule has 0 fully saturated rings. The van der Waals surface area contributed by atoms with Crippen molar-refractivity contribution in [2.45, 2.75) is 6.54 Å². The maximum Gasteiger partial charge on any atom is 0.352 e. The Morgan fingerprint density at radius 1 is 1.04 bits per heavy atom. The molecule has 8 nitrogen and oxygen atoms in total. The summed E-state index contributed by atoms with van der Waals surface area (Å²) in [6.07, 6.45) is 1.53. The molecule has 4 aromatic rings. The van der Waals surface area contributed by atoms with Crippen molar-refractivity contribution in [2.75, 3.05) is 10.6 Å². The zero-order valence-electron chi connectivity index (χ0n) is 14.5. The van der Waals surface area contributed by atoms with E-state index >= 15 is 0 Å². The summed E-state index contributed by atoms with van der Waals surface area (Å²) in [6.45, 7) is -0.319. The maximum atomic E-state index is 13.2. The molecular weight excluding hydrogens is 363 g/mol. The van der Waals surface area contributed by atoms with E-state index in [-0.39, 0.29) is 12.3 Å². The van der Waals surface area contributed by atoms with Crippen LogP contribution in [0.3, 0.4) is 0 Å². The van der Waals surface area contributed by atoms with Crippen LogP contribution in [-0.4, -0.2) is 25.1 Å². The van der Waals surface area contributed by atoms with Gasteiger partial charge in [0.25, 0.3) is 5.78 Å². The lowest BCUT2D eigenvalue weighted by molar-refractivity contribution is -0.117. The first-order chi connectivity index (χ1) is 13.6. The zero-order valence-corrected chi connectivity index (χ0v) is 14.5. The zero-order chi connectivity index (χ0) is 19.5. The van der Waals surface area contributed by atoms with Crippen molar-refractivity contribution < 1.29 is 9.18 Å². The van der Waals surface area contributed by atoms with E-state index < -0.39 is 17.4 Å². The fourth-order valence-corrected chi connectivity index (χ4v) is 2.65. The fraction of sp³-hybridized carbons (Fsp3) is 0.0526. The number of carbonyl (C=O) groups is 1. The molecule has 0 spiro atoms. The highest BCUT2D eigenvalue weighted by Crippen LogP contribution is 2.13. The number of halogens is 1. The summed E-state index contributed by atoms with van der Waals surface area (Å²) in [6, 6.07) is 16.6. The lowest BCUT2D eigenvalue weighted by Crippen LogP contribution is -2.28. The van der Waals surface area contributed by atoms with Crippen molar-refractivity contribution in [2.24, 2.45) is 0 Å². The third kappa shape index (κ3) is 3.73. The van der Waals surface area contributed by atoms with Gasteiger partial charge in [0.05, 0.1) is 0 Å². The largest absolute Gasteiger partial charge is 0.352 e. The van der Waals surface area contributed by atoms with Gasteiger partial charge in [-0.2, -0.15) is 4.98 Å². The predicted molar refractivity (Wildman–Crippen MR) is 102 cm³/mol. The normalized spacial score (nSPS) is 10.8. The SMILES string of the molecule is O=C(Cn1nc2nc(Nc3ccccc3)ccn2c1=O)Nc1cccc(F)c1. The van der Waals surface area contributed by atoms with Crippen LogP contribution in [0, 0.1) is 5.82 Å². The predicted octanol–water partition coefficient (Wildman–Crippen LogP) is 2.41. The summed E-state index contributed by atoms with van der Waals surface area (Å²) in [7, 11) is 0. The van der Waals surface area contributed by atoms with Crippen molar-refractivity contribution in [3.63, 3.8) is 0 Å². The minimum absolute atomic E-state index is 0.157. The van der Waals surface area contributed by atoms with E-state index in [1.54, 1.807) is 12.1 Å². The second-order valence-electron chi connectivity index (χ2n) is 5.97. The number of amides is 1. The molecule has 4 rings (SSSR count). The number of rotatable bonds is 5. The molecule has 0 bridgehead atoms. The van der Waals surface area contributed by atoms with E-state index in [1.807, 2.05) is 30.3 Å². The Bertz CT molecular complexity index is 1200. The monoisotopic (exact) mass is 378 g/mol. The van der Waals surface area contributed by atoms with Gasteiger partial charge in [0, 0.05) is 17.6 Å². The highest BCUT2D eigenvalue weighted by molar-refractivity contribution is 5.90. The number of fused-ring (bicyclic) bond motifs is 1. The third-order valence-electron chi connectivity index (χ3n) is 3.90. The topological polar surface area (TPSA) is 93.3 Å². The molecule has 0 aliphatic carbocycles. The van der Waals surface area contributed by atoms with Crippen LogP contribution in [-0.2, 0) is 11.3 Å². The number of nitrogens with one attached hydrogen (secondary N) is 2. The number of nitrogens with zero attached hydrogens (tertiary/aromatic N) is 4. The molecule has 0 aliphatic rings. The lowest BCUT2D eigenvalue weighted by Gasteiger charge is -2.04. The maximum absolute atomic E-state index is 13.2. The van der Waals surface area contributed by atoms with Crippen LogP contribution in [0.2, 0.25) is 0 Å². The van der Waals surface area contributed by atoms with E-state index in [2.05, 4.69) is 20.7 Å². The van der Waals surface area contributed by atoms with Crippen molar-refractivity contribution in [3.05, 3.63) is 83.2 Å². The molecule has 0 saturated carbocycles. The van der Waals surface area contributed by atoms with Gasteiger partial charge in [-0.3, -0.25) is 4.79 Å². The number of carbonyl (C=O) groups excluding carboxylic acids is 1. The molecule has 0 radical (unpaired) electrons. The summed E-state index contributed by atoms with van der Waals surface area (Å²) < 4.78 is 15.5. The highest BCUT2D eigenvalue weighted by Gasteiger charge is 2.12. The van der Waals surface area contributed by atoms with Crippen LogP contribution in [0.15, 0.2) is 71.7 Å². The van der Waals surface area contributed by atoms with Crippen LogP contribution in [0.4, 0.5) is 21.6 Å². The number of benzene rings is 2. The molecule has 2 aromatic heterocycles. The number of hydrogen-bond donors (Lipinski definition) is 2. The molecule has 0 atom stereocenters. The molecule has 9 heteroatoms. The van der Waals surface area contributed by atoms with Crippen LogP contribution >= 0.6 is 0 Å². The van der Waals surface area contributed by atoms with Crippen molar-refractivity contribution >= 4 is 28.9 Å². The first kappa shape index (κ1) is 17.4. The average molecular weight is 378 g/mol. The number of aromatic nitrogens is 4. The fourth-order valence-electron chi connectivity index (χ4n) is 2.65. The van der Waals surface area contributed by atoms with Gasteiger partial charge >= 0.3 is 5.69 Å². The lowest BCUT2D eigenvalue weighted by atomic mass is 10.3. The van der Waals surface area contributed by atoms with Crippen LogP contribution in [0.25, 0.3) is 5.78 Å².